The summed E-state index contributed by atoms with van der Waals surface area (Å²) in [7, 11) is 4.13. The van der Waals surface area contributed by atoms with E-state index in [1.807, 2.05) is 0 Å². The largest absolute Gasteiger partial charge is 0.510 e. The zero-order chi connectivity index (χ0) is 30.9. The number of amides is 1. The summed E-state index contributed by atoms with van der Waals surface area (Å²) in [6, 6.07) is -0.404. The lowest BCUT2D eigenvalue weighted by Gasteiger charge is -2.51. The first-order chi connectivity index (χ1) is 19.7. The summed E-state index contributed by atoms with van der Waals surface area (Å²) in [4.78, 5) is 41.2. The van der Waals surface area contributed by atoms with Crippen LogP contribution in [0.5, 0.6) is 5.75 Å². The molecule has 5 atom stereocenters. The van der Waals surface area contributed by atoms with E-state index in [4.69, 9.17) is 15.2 Å². The highest BCUT2D eigenvalue weighted by Crippen LogP contribution is 2.55. The average molecular weight is 596 g/mol. The number of aliphatic hydroxyl groups excluding tert-OH is 2. The maximum Gasteiger partial charge on any atom is 0.417 e. The van der Waals surface area contributed by atoms with E-state index in [1.54, 1.807) is 0 Å². The van der Waals surface area contributed by atoms with Crippen LogP contribution in [0.25, 0.3) is 0 Å². The number of primary amides is 1. The fourth-order valence-electron chi connectivity index (χ4n) is 7.15. The predicted octanol–water partition coefficient (Wildman–Crippen LogP) is 1.67. The van der Waals surface area contributed by atoms with E-state index < -0.39 is 98.7 Å². The minimum Gasteiger partial charge on any atom is -0.510 e. The molecule has 4 aliphatic rings. The highest BCUT2D eigenvalue weighted by Gasteiger charge is 2.64. The summed E-state index contributed by atoms with van der Waals surface area (Å²) >= 11 is 0. The van der Waals surface area contributed by atoms with Crippen LogP contribution in [0.2, 0.25) is 0 Å². The minimum atomic E-state index is -4.89. The lowest BCUT2D eigenvalue weighted by Crippen LogP contribution is -2.64. The molecule has 0 unspecified atom stereocenters. The number of nitrogens with one attached hydrogen (secondary N) is 1. The number of carbonyl (C=O) groups excluding carboxylic acids is 3. The van der Waals surface area contributed by atoms with Crippen LogP contribution in [-0.2, 0) is 38.2 Å². The van der Waals surface area contributed by atoms with Crippen molar-refractivity contribution in [1.29, 1.82) is 0 Å². The van der Waals surface area contributed by atoms with Crippen LogP contribution in [0.3, 0.4) is 0 Å². The summed E-state index contributed by atoms with van der Waals surface area (Å²) in [5.41, 5.74) is -0.484. The van der Waals surface area contributed by atoms with Gasteiger partial charge in [-0.2, -0.15) is 13.2 Å². The van der Waals surface area contributed by atoms with Crippen molar-refractivity contribution in [3.8, 4) is 5.75 Å². The molecule has 228 valence electrons. The van der Waals surface area contributed by atoms with Gasteiger partial charge in [0.25, 0.3) is 5.91 Å². The molecule has 42 heavy (non-hydrogen) atoms. The number of methoxy groups -OCH3 is 1. The van der Waals surface area contributed by atoms with Gasteiger partial charge in [0.1, 0.15) is 22.8 Å². The third-order valence-electron chi connectivity index (χ3n) is 8.89. The predicted molar refractivity (Wildman–Crippen MR) is 140 cm³/mol. The normalized spacial score (nSPS) is 29.6. The van der Waals surface area contributed by atoms with Crippen LogP contribution >= 0.6 is 0 Å². The lowest BCUT2D eigenvalue weighted by atomic mass is 9.58. The number of phenolic OH excluding ortho intramolecular Hbond substituents is 1. The quantitative estimate of drug-likeness (QED) is 0.305. The van der Waals surface area contributed by atoms with Gasteiger partial charge < -0.3 is 35.8 Å². The number of likely N-dealkylation sites (N-methyl/N-ethyl adjacent to an activating group) is 1. The summed E-state index contributed by atoms with van der Waals surface area (Å²) in [6.07, 6.45) is -4.86. The highest BCUT2D eigenvalue weighted by molar-refractivity contribution is 6.25. The molecule has 1 aromatic rings. The molecule has 0 bridgehead atoms. The number of ether oxygens (including phenoxy) is 2. The van der Waals surface area contributed by atoms with Crippen molar-refractivity contribution in [1.82, 2.24) is 10.2 Å². The molecule has 1 amide bonds. The number of allylic oxidation sites excluding steroid dienone is 1. The van der Waals surface area contributed by atoms with Gasteiger partial charge in [0.15, 0.2) is 11.4 Å². The maximum atomic E-state index is 14.6. The number of hydrogen-bond donors (Lipinski definition) is 5. The van der Waals surface area contributed by atoms with Gasteiger partial charge in [-0.1, -0.05) is 0 Å². The first-order valence-electron chi connectivity index (χ1n) is 13.4. The number of aliphatic hydroxyl groups is 2. The van der Waals surface area contributed by atoms with Gasteiger partial charge >= 0.3 is 6.18 Å². The Morgan fingerprint density at radius 3 is 2.50 bits per heavy atom. The van der Waals surface area contributed by atoms with Crippen LogP contribution < -0.4 is 11.1 Å². The van der Waals surface area contributed by atoms with E-state index in [2.05, 4.69) is 5.32 Å². The summed E-state index contributed by atoms with van der Waals surface area (Å²) in [5, 5.41) is 36.4. The van der Waals surface area contributed by atoms with Crippen LogP contribution in [0.4, 0.5) is 13.2 Å². The van der Waals surface area contributed by atoms with Crippen LogP contribution in [0.15, 0.2) is 28.7 Å². The number of Topliss-reactive ketones (excluding diaryl/α,β-unsaturated/α-hetero) is 2. The molecule has 0 spiro atoms. The third-order valence-corrected chi connectivity index (χ3v) is 8.89. The Morgan fingerprint density at radius 2 is 1.95 bits per heavy atom. The van der Waals surface area contributed by atoms with Gasteiger partial charge in [-0.15, -0.1) is 0 Å². The molecular weight excluding hydrogens is 563 g/mol. The van der Waals surface area contributed by atoms with Gasteiger partial charge in [-0.3, -0.25) is 19.3 Å². The van der Waals surface area contributed by atoms with Gasteiger partial charge in [0.2, 0.25) is 5.78 Å². The Bertz CT molecular complexity index is 1430. The standard InChI is InChI=1S/C28H32F3N3O8/c1-34(2)21-15-7-11-6-14-18(16(35)8-12(20(14)28(29,30)31)9-33-13-4-5-42-10-13)22(36)17(11)24(38)27(15,41-3)25(39)19(23(21)37)26(32)40/h8,11,13,15,21,33,35,37-38H,4-7,9-10H2,1-3H3,(H2,32,40)/t11-,13+,15-,21-,27-/m0/s1. The van der Waals surface area contributed by atoms with E-state index in [9.17, 15) is 42.9 Å². The SMILES string of the molecule is CO[C@@]12C(=O)C(C(N)=O)=C(O)[C@@H](N(C)C)[C@@H]1C[C@@H]1Cc3c(c(O)cc(CN[C@@H]4CCOC4)c3C(F)(F)F)C(=O)C1=C2O. The number of nitrogens with two attached hydrogens (primary N) is 1. The second kappa shape index (κ2) is 10.4. The number of fused-ring (bicyclic) bond motifs is 3. The molecule has 11 nitrogen and oxygen atoms in total. The number of ketones is 2. The third kappa shape index (κ3) is 4.31. The van der Waals surface area contributed by atoms with E-state index in [1.165, 1.54) is 19.0 Å². The number of rotatable bonds is 6. The van der Waals surface area contributed by atoms with Crippen molar-refractivity contribution < 1.29 is 52.3 Å². The Kier molecular flexibility index (Phi) is 7.41. The van der Waals surface area contributed by atoms with Gasteiger partial charge in [0, 0.05) is 37.8 Å². The molecule has 6 N–H and O–H groups in total. The topological polar surface area (TPSA) is 172 Å². The summed E-state index contributed by atoms with van der Waals surface area (Å²) < 4.78 is 54.7. The highest BCUT2D eigenvalue weighted by atomic mass is 19.4. The average Bonchev–Trinajstić information content (AvgIpc) is 3.40. The minimum absolute atomic E-state index is 0.171. The fourth-order valence-corrected chi connectivity index (χ4v) is 7.15. The Morgan fingerprint density at radius 1 is 1.26 bits per heavy atom. The number of carbonyl (C=O) groups is 3. The zero-order valence-corrected chi connectivity index (χ0v) is 23.2. The zero-order valence-electron chi connectivity index (χ0n) is 23.2. The van der Waals surface area contributed by atoms with Gasteiger partial charge in [-0.05, 0) is 56.5 Å². The lowest BCUT2D eigenvalue weighted by molar-refractivity contribution is -0.154. The Hall–Kier alpha value is -3.46. The van der Waals surface area contributed by atoms with Gasteiger partial charge in [-0.25, -0.2) is 0 Å². The molecule has 0 aromatic heterocycles. The molecule has 1 aromatic carbocycles. The molecule has 0 saturated carbocycles. The number of benzene rings is 1. The van der Waals surface area contributed by atoms with Crippen molar-refractivity contribution in [2.75, 3.05) is 34.4 Å². The molecule has 3 aliphatic carbocycles. The first-order valence-corrected chi connectivity index (χ1v) is 13.4. The van der Waals surface area contributed by atoms with Crippen molar-refractivity contribution in [3.63, 3.8) is 0 Å². The molecule has 1 heterocycles. The number of alkyl halides is 3. The monoisotopic (exact) mass is 595 g/mol. The van der Waals surface area contributed by atoms with E-state index in [0.717, 1.165) is 13.2 Å². The number of hydrogen-bond acceptors (Lipinski definition) is 10. The number of phenols is 1. The molecule has 1 saturated heterocycles. The Balaban J connectivity index is 1.69. The molecule has 14 heteroatoms. The summed E-state index contributed by atoms with van der Waals surface area (Å²) in [6.45, 7) is 0.567. The number of nitrogens with zero attached hydrogens (tertiary/aromatic N) is 1. The summed E-state index contributed by atoms with van der Waals surface area (Å²) in [5.74, 6) is -7.94. The van der Waals surface area contributed by atoms with Crippen LogP contribution in [0, 0.1) is 11.8 Å². The Labute approximate surface area is 238 Å². The smallest absolute Gasteiger partial charge is 0.417 e. The number of halogens is 3. The van der Waals surface area contributed by atoms with E-state index in [-0.39, 0.29) is 24.6 Å². The van der Waals surface area contributed by atoms with Crippen LogP contribution in [-0.4, -0.2) is 89.8 Å². The molecule has 0 radical (unpaired) electrons. The van der Waals surface area contributed by atoms with Crippen molar-refractivity contribution in [2.45, 2.75) is 49.7 Å². The number of aromatic hydroxyl groups is 1. The maximum absolute atomic E-state index is 14.6. The van der Waals surface area contributed by atoms with E-state index in [0.29, 0.717) is 19.6 Å². The van der Waals surface area contributed by atoms with Crippen molar-refractivity contribution in [2.24, 2.45) is 17.6 Å². The molecule has 5 rings (SSSR count). The molecule has 1 fully saturated rings. The molecular formula is C28H32F3N3O8. The van der Waals surface area contributed by atoms with Crippen molar-refractivity contribution >= 4 is 17.5 Å². The van der Waals surface area contributed by atoms with Crippen molar-refractivity contribution in [3.05, 3.63) is 51.0 Å². The van der Waals surface area contributed by atoms with E-state index >= 15 is 0 Å². The fraction of sp³-hybridized carbons (Fsp3) is 0.536. The van der Waals surface area contributed by atoms with Gasteiger partial charge in [0.05, 0.1) is 23.8 Å². The second-order valence-corrected chi connectivity index (χ2v) is 11.4. The first kappa shape index (κ1) is 30.0. The van der Waals surface area contributed by atoms with Crippen LogP contribution in [0.1, 0.15) is 39.9 Å². The molecule has 1 aliphatic heterocycles. The second-order valence-electron chi connectivity index (χ2n) is 11.4.